The van der Waals surface area contributed by atoms with E-state index in [0.29, 0.717) is 5.92 Å². The lowest BCUT2D eigenvalue weighted by Gasteiger charge is -2.32. The van der Waals surface area contributed by atoms with Crippen molar-refractivity contribution in [2.75, 3.05) is 24.5 Å². The van der Waals surface area contributed by atoms with E-state index in [4.69, 9.17) is 5.10 Å². The van der Waals surface area contributed by atoms with E-state index in [9.17, 15) is 4.79 Å². The minimum absolute atomic E-state index is 0.0930. The molecule has 0 aliphatic carbocycles. The van der Waals surface area contributed by atoms with E-state index < -0.39 is 0 Å². The second-order valence-electron chi connectivity index (χ2n) is 8.83. The molecule has 1 aliphatic heterocycles. The molecule has 3 aromatic rings. The first-order valence-electron chi connectivity index (χ1n) is 10.9. The van der Waals surface area contributed by atoms with Crippen molar-refractivity contribution in [3.05, 3.63) is 47.8 Å². The molecule has 6 heteroatoms. The summed E-state index contributed by atoms with van der Waals surface area (Å²) in [6, 6.07) is 8.58. The zero-order valence-electron chi connectivity index (χ0n) is 18.4. The fourth-order valence-corrected chi connectivity index (χ4v) is 4.19. The summed E-state index contributed by atoms with van der Waals surface area (Å²) in [6.07, 6.45) is 5.41. The third-order valence-corrected chi connectivity index (χ3v) is 5.88. The predicted molar refractivity (Wildman–Crippen MR) is 121 cm³/mol. The van der Waals surface area contributed by atoms with Crippen LogP contribution in [0.4, 0.5) is 5.82 Å². The summed E-state index contributed by atoms with van der Waals surface area (Å²) in [5, 5.41) is 7.88. The third kappa shape index (κ3) is 4.18. The quantitative estimate of drug-likeness (QED) is 0.697. The number of carbonyl (C=O) groups is 1. The molecule has 1 N–H and O–H groups in total. The van der Waals surface area contributed by atoms with Crippen LogP contribution >= 0.6 is 0 Å². The number of aryl methyl sites for hydroxylation is 2. The van der Waals surface area contributed by atoms with E-state index in [1.807, 2.05) is 16.9 Å². The van der Waals surface area contributed by atoms with Crippen molar-refractivity contribution in [3.63, 3.8) is 0 Å². The summed E-state index contributed by atoms with van der Waals surface area (Å²) in [7, 11) is 0. The Labute approximate surface area is 178 Å². The second kappa shape index (κ2) is 8.46. The van der Waals surface area contributed by atoms with Crippen LogP contribution in [0.1, 0.15) is 37.8 Å². The molecule has 0 radical (unpaired) electrons. The molecule has 30 heavy (non-hydrogen) atoms. The van der Waals surface area contributed by atoms with Crippen molar-refractivity contribution in [2.45, 2.75) is 40.5 Å². The van der Waals surface area contributed by atoms with Crippen LogP contribution in [0.25, 0.3) is 16.8 Å². The predicted octanol–water partition coefficient (Wildman–Crippen LogP) is 4.00. The molecule has 1 fully saturated rings. The summed E-state index contributed by atoms with van der Waals surface area (Å²) in [4.78, 5) is 19.4. The minimum atomic E-state index is 0.0930. The fraction of sp³-hybridized carbons (Fsp3) is 0.458. The number of amides is 1. The van der Waals surface area contributed by atoms with Crippen molar-refractivity contribution < 1.29 is 4.79 Å². The van der Waals surface area contributed by atoms with Gasteiger partial charge >= 0.3 is 0 Å². The van der Waals surface area contributed by atoms with E-state index >= 15 is 0 Å². The van der Waals surface area contributed by atoms with E-state index in [0.717, 1.165) is 55.1 Å². The van der Waals surface area contributed by atoms with Crippen LogP contribution in [0.3, 0.4) is 0 Å². The fourth-order valence-electron chi connectivity index (χ4n) is 4.19. The molecule has 1 amide bonds. The largest absolute Gasteiger partial charge is 0.356 e. The van der Waals surface area contributed by atoms with Crippen LogP contribution in [0, 0.1) is 25.7 Å². The van der Waals surface area contributed by atoms with Crippen molar-refractivity contribution in [3.8, 4) is 11.3 Å². The molecule has 0 unspecified atom stereocenters. The highest BCUT2D eigenvalue weighted by molar-refractivity contribution is 5.80. The van der Waals surface area contributed by atoms with Gasteiger partial charge in [-0.25, -0.2) is 9.50 Å². The third-order valence-electron chi connectivity index (χ3n) is 5.88. The van der Waals surface area contributed by atoms with Crippen molar-refractivity contribution in [1.82, 2.24) is 19.9 Å². The van der Waals surface area contributed by atoms with Gasteiger partial charge in [-0.1, -0.05) is 37.6 Å². The molecular formula is C24H31N5O. The van der Waals surface area contributed by atoms with Crippen molar-refractivity contribution in [2.24, 2.45) is 11.8 Å². The van der Waals surface area contributed by atoms with E-state index in [1.165, 1.54) is 11.1 Å². The van der Waals surface area contributed by atoms with Gasteiger partial charge in [-0.2, -0.15) is 5.10 Å². The number of aromatic nitrogens is 3. The van der Waals surface area contributed by atoms with Crippen molar-refractivity contribution >= 4 is 17.2 Å². The number of nitrogens with one attached hydrogen (secondary N) is 1. The summed E-state index contributed by atoms with van der Waals surface area (Å²) >= 11 is 0. The molecule has 0 atom stereocenters. The molecule has 1 aliphatic rings. The Hall–Kier alpha value is -2.89. The van der Waals surface area contributed by atoms with Crippen LogP contribution in [0.2, 0.25) is 0 Å². The maximum Gasteiger partial charge on any atom is 0.223 e. The number of nitrogens with zero attached hydrogens (tertiary/aromatic N) is 4. The highest BCUT2D eigenvalue weighted by atomic mass is 16.1. The SMILES string of the molecule is Cc1ccc(-c2cc3c(N4CCC(C(=O)NCC(C)C)CC4)nccn3n2)c(C)c1. The zero-order chi connectivity index (χ0) is 21.3. The van der Waals surface area contributed by atoms with Gasteiger partial charge in [0.05, 0.1) is 5.69 Å². The number of hydrogen-bond acceptors (Lipinski definition) is 4. The second-order valence-corrected chi connectivity index (χ2v) is 8.83. The lowest BCUT2D eigenvalue weighted by molar-refractivity contribution is -0.125. The summed E-state index contributed by atoms with van der Waals surface area (Å²) < 4.78 is 1.92. The maximum atomic E-state index is 12.4. The lowest BCUT2D eigenvalue weighted by Crippen LogP contribution is -2.41. The Morgan fingerprint density at radius 3 is 2.67 bits per heavy atom. The monoisotopic (exact) mass is 405 g/mol. The Morgan fingerprint density at radius 1 is 1.20 bits per heavy atom. The van der Waals surface area contributed by atoms with Crippen LogP contribution in [-0.4, -0.2) is 40.1 Å². The van der Waals surface area contributed by atoms with Crippen LogP contribution < -0.4 is 10.2 Å². The Balaban J connectivity index is 1.53. The van der Waals surface area contributed by atoms with Crippen molar-refractivity contribution in [1.29, 1.82) is 0 Å². The number of benzene rings is 1. The first kappa shape index (κ1) is 20.4. The van der Waals surface area contributed by atoms with Gasteiger partial charge in [0.1, 0.15) is 5.52 Å². The van der Waals surface area contributed by atoms with Gasteiger partial charge in [0.15, 0.2) is 5.82 Å². The molecule has 2 aromatic heterocycles. The first-order valence-corrected chi connectivity index (χ1v) is 10.9. The zero-order valence-corrected chi connectivity index (χ0v) is 18.4. The standard InChI is InChI=1S/C24H31N5O/c1-16(2)15-26-24(30)19-7-10-28(11-8-19)23-22-14-21(27-29(22)12-9-25-23)20-6-5-17(3)13-18(20)4/h5-6,9,12-14,16,19H,7-8,10-11,15H2,1-4H3,(H,26,30). The lowest BCUT2D eigenvalue weighted by atomic mass is 9.95. The summed E-state index contributed by atoms with van der Waals surface area (Å²) in [5.74, 6) is 1.71. The highest BCUT2D eigenvalue weighted by Gasteiger charge is 2.26. The van der Waals surface area contributed by atoms with Gasteiger partial charge in [-0.05, 0) is 44.2 Å². The molecular weight excluding hydrogens is 374 g/mol. The highest BCUT2D eigenvalue weighted by Crippen LogP contribution is 2.29. The topological polar surface area (TPSA) is 62.5 Å². The Morgan fingerprint density at radius 2 is 1.97 bits per heavy atom. The Bertz CT molecular complexity index is 1050. The van der Waals surface area contributed by atoms with Gasteiger partial charge in [-0.15, -0.1) is 0 Å². The number of fused-ring (bicyclic) bond motifs is 1. The molecule has 1 aromatic carbocycles. The van der Waals surface area contributed by atoms with Gasteiger partial charge < -0.3 is 10.2 Å². The van der Waals surface area contributed by atoms with Gasteiger partial charge in [0.2, 0.25) is 5.91 Å². The number of carbonyl (C=O) groups excluding carboxylic acids is 1. The smallest absolute Gasteiger partial charge is 0.223 e. The van der Waals surface area contributed by atoms with Crippen LogP contribution in [0.15, 0.2) is 36.7 Å². The molecule has 0 saturated carbocycles. The molecule has 4 rings (SSSR count). The Kier molecular flexibility index (Phi) is 5.75. The van der Waals surface area contributed by atoms with Gasteiger partial charge in [0, 0.05) is 43.5 Å². The molecule has 0 bridgehead atoms. The summed E-state index contributed by atoms with van der Waals surface area (Å²) in [5.41, 5.74) is 5.60. The average Bonchev–Trinajstić information content (AvgIpc) is 3.16. The van der Waals surface area contributed by atoms with Gasteiger partial charge in [-0.3, -0.25) is 4.79 Å². The number of rotatable bonds is 5. The van der Waals surface area contributed by atoms with Crippen LogP contribution in [-0.2, 0) is 4.79 Å². The molecule has 0 spiro atoms. The van der Waals surface area contributed by atoms with Crippen LogP contribution in [0.5, 0.6) is 0 Å². The van der Waals surface area contributed by atoms with E-state index in [2.05, 4.69) is 67.2 Å². The number of hydrogen-bond donors (Lipinski definition) is 1. The normalized spacial score (nSPS) is 15.2. The number of anilines is 1. The number of piperidine rings is 1. The first-order chi connectivity index (χ1) is 14.4. The van der Waals surface area contributed by atoms with Gasteiger partial charge in [0.25, 0.3) is 0 Å². The molecule has 1 saturated heterocycles. The molecule has 6 nitrogen and oxygen atoms in total. The summed E-state index contributed by atoms with van der Waals surface area (Å²) in [6.45, 7) is 10.9. The molecule has 3 heterocycles. The van der Waals surface area contributed by atoms with E-state index in [1.54, 1.807) is 0 Å². The molecule has 158 valence electrons. The maximum absolute atomic E-state index is 12.4. The average molecular weight is 406 g/mol. The van der Waals surface area contributed by atoms with E-state index in [-0.39, 0.29) is 11.8 Å². The minimum Gasteiger partial charge on any atom is -0.356 e.